The quantitative estimate of drug-likeness (QED) is 0.585. The van der Waals surface area contributed by atoms with Gasteiger partial charge in [-0.05, 0) is 45.2 Å². The Morgan fingerprint density at radius 2 is 1.95 bits per heavy atom. The molecule has 1 aromatic rings. The van der Waals surface area contributed by atoms with Gasteiger partial charge in [-0.2, -0.15) is 0 Å². The van der Waals surface area contributed by atoms with Crippen molar-refractivity contribution in [2.75, 3.05) is 13.2 Å². The Morgan fingerprint density at radius 3 is 2.45 bits per heavy atom. The van der Waals surface area contributed by atoms with Gasteiger partial charge in [0.1, 0.15) is 0 Å². The number of benzene rings is 1. The van der Waals surface area contributed by atoms with Crippen molar-refractivity contribution in [2.24, 2.45) is 5.73 Å². The topological polar surface area (TPSA) is 87.6 Å². The molecule has 1 atom stereocenters. The van der Waals surface area contributed by atoms with Crippen LogP contribution in [0, 0.1) is 10.1 Å². The Labute approximate surface area is 119 Å². The number of nitro groups is 1. The maximum Gasteiger partial charge on any atom is 0.315 e. The molecule has 0 aliphatic heterocycles. The third-order valence-electron chi connectivity index (χ3n) is 2.77. The summed E-state index contributed by atoms with van der Waals surface area (Å²) in [5.41, 5.74) is 6.50. The molecule has 0 bridgehead atoms. The molecule has 0 saturated carbocycles. The molecule has 1 rings (SSSR count). The predicted molar refractivity (Wildman–Crippen MR) is 77.4 cm³/mol. The molecule has 0 amide bonds. The van der Waals surface area contributed by atoms with Crippen molar-refractivity contribution in [1.82, 2.24) is 0 Å². The molecule has 6 nitrogen and oxygen atoms in total. The minimum atomic E-state index is -0.442. The molecule has 0 aliphatic rings. The van der Waals surface area contributed by atoms with Crippen LogP contribution in [-0.2, 0) is 6.42 Å². The summed E-state index contributed by atoms with van der Waals surface area (Å²) in [5, 5.41) is 11.2. The second-order valence-corrected chi connectivity index (χ2v) is 4.58. The van der Waals surface area contributed by atoms with E-state index in [0.29, 0.717) is 25.4 Å². The first-order chi connectivity index (χ1) is 9.49. The van der Waals surface area contributed by atoms with Gasteiger partial charge in [0, 0.05) is 12.1 Å². The minimum Gasteiger partial charge on any atom is -0.490 e. The molecule has 0 radical (unpaired) electrons. The summed E-state index contributed by atoms with van der Waals surface area (Å²) >= 11 is 0. The third-order valence-corrected chi connectivity index (χ3v) is 2.77. The van der Waals surface area contributed by atoms with Crippen LogP contribution in [0.3, 0.4) is 0 Å². The first kappa shape index (κ1) is 16.2. The smallest absolute Gasteiger partial charge is 0.315 e. The predicted octanol–water partition coefficient (Wildman–Crippen LogP) is 2.67. The van der Waals surface area contributed by atoms with Crippen LogP contribution in [0.15, 0.2) is 12.1 Å². The van der Waals surface area contributed by atoms with E-state index >= 15 is 0 Å². The van der Waals surface area contributed by atoms with Crippen molar-refractivity contribution in [3.05, 3.63) is 27.8 Å². The monoisotopic (exact) mass is 282 g/mol. The normalized spacial score (nSPS) is 12.0. The van der Waals surface area contributed by atoms with Crippen molar-refractivity contribution in [3.8, 4) is 11.5 Å². The second kappa shape index (κ2) is 7.69. The van der Waals surface area contributed by atoms with Crippen LogP contribution in [-0.4, -0.2) is 24.2 Å². The summed E-state index contributed by atoms with van der Waals surface area (Å²) in [4.78, 5) is 10.7. The van der Waals surface area contributed by atoms with Crippen molar-refractivity contribution >= 4 is 5.69 Å². The van der Waals surface area contributed by atoms with Crippen LogP contribution >= 0.6 is 0 Å². The standard InChI is InChI=1S/C14H22N2O4/c1-4-19-13-9-11(7-6-10(3)15)8-12(16(17)18)14(13)20-5-2/h8-10H,4-7,15H2,1-3H3. The number of nitrogens with two attached hydrogens (primary N) is 1. The molecular weight excluding hydrogens is 260 g/mol. The lowest BCUT2D eigenvalue weighted by atomic mass is 10.0. The highest BCUT2D eigenvalue weighted by molar-refractivity contribution is 5.58. The average Bonchev–Trinajstić information content (AvgIpc) is 2.38. The van der Waals surface area contributed by atoms with E-state index in [9.17, 15) is 10.1 Å². The van der Waals surface area contributed by atoms with E-state index in [4.69, 9.17) is 15.2 Å². The lowest BCUT2D eigenvalue weighted by Gasteiger charge is -2.13. The molecule has 0 spiro atoms. The molecular formula is C14H22N2O4. The van der Waals surface area contributed by atoms with E-state index in [1.807, 2.05) is 13.8 Å². The summed E-state index contributed by atoms with van der Waals surface area (Å²) in [5.74, 6) is 0.618. The minimum absolute atomic E-state index is 0.0520. The lowest BCUT2D eigenvalue weighted by molar-refractivity contribution is -0.386. The van der Waals surface area contributed by atoms with Crippen molar-refractivity contribution in [1.29, 1.82) is 0 Å². The SMILES string of the molecule is CCOc1cc(CCC(C)N)cc([N+](=O)[O-])c1OCC. The zero-order valence-electron chi connectivity index (χ0n) is 12.2. The lowest BCUT2D eigenvalue weighted by Crippen LogP contribution is -2.15. The third kappa shape index (κ3) is 4.38. The number of nitrogens with zero attached hydrogens (tertiary/aromatic N) is 1. The number of ether oxygens (including phenoxy) is 2. The highest BCUT2D eigenvalue weighted by Gasteiger charge is 2.22. The van der Waals surface area contributed by atoms with Crippen LogP contribution in [0.2, 0.25) is 0 Å². The van der Waals surface area contributed by atoms with Gasteiger partial charge in [0.25, 0.3) is 0 Å². The van der Waals surface area contributed by atoms with Crippen molar-refractivity contribution in [3.63, 3.8) is 0 Å². The van der Waals surface area contributed by atoms with Crippen LogP contribution in [0.25, 0.3) is 0 Å². The van der Waals surface area contributed by atoms with Crippen LogP contribution in [0.5, 0.6) is 11.5 Å². The second-order valence-electron chi connectivity index (χ2n) is 4.58. The Bertz CT molecular complexity index is 461. The zero-order valence-corrected chi connectivity index (χ0v) is 12.2. The number of aryl methyl sites for hydroxylation is 1. The largest absolute Gasteiger partial charge is 0.490 e. The molecule has 2 N–H and O–H groups in total. The van der Waals surface area contributed by atoms with Gasteiger partial charge >= 0.3 is 5.69 Å². The maximum atomic E-state index is 11.2. The van der Waals surface area contributed by atoms with Crippen LogP contribution in [0.4, 0.5) is 5.69 Å². The fourth-order valence-electron chi connectivity index (χ4n) is 1.87. The Morgan fingerprint density at radius 1 is 1.30 bits per heavy atom. The van der Waals surface area contributed by atoms with Crippen LogP contribution < -0.4 is 15.2 Å². The van der Waals surface area contributed by atoms with E-state index in [1.54, 1.807) is 13.0 Å². The van der Waals surface area contributed by atoms with Gasteiger partial charge in [-0.3, -0.25) is 10.1 Å². The van der Waals surface area contributed by atoms with Crippen molar-refractivity contribution < 1.29 is 14.4 Å². The van der Waals surface area contributed by atoms with Gasteiger partial charge in [0.15, 0.2) is 5.75 Å². The molecule has 6 heteroatoms. The summed E-state index contributed by atoms with van der Waals surface area (Å²) in [6.45, 7) is 6.29. The molecule has 1 unspecified atom stereocenters. The zero-order chi connectivity index (χ0) is 15.1. The first-order valence-electron chi connectivity index (χ1n) is 6.82. The fraction of sp³-hybridized carbons (Fsp3) is 0.571. The summed E-state index contributed by atoms with van der Waals surface area (Å²) < 4.78 is 10.8. The van der Waals surface area contributed by atoms with Crippen molar-refractivity contribution in [2.45, 2.75) is 39.7 Å². The van der Waals surface area contributed by atoms with Gasteiger partial charge in [0.05, 0.1) is 18.1 Å². The molecule has 0 saturated heterocycles. The average molecular weight is 282 g/mol. The molecule has 20 heavy (non-hydrogen) atoms. The molecule has 0 aromatic heterocycles. The van der Waals surface area contributed by atoms with Gasteiger partial charge in [0.2, 0.25) is 5.75 Å². The van der Waals surface area contributed by atoms with Gasteiger partial charge in [-0.15, -0.1) is 0 Å². The maximum absolute atomic E-state index is 11.2. The first-order valence-corrected chi connectivity index (χ1v) is 6.82. The summed E-state index contributed by atoms with van der Waals surface area (Å²) in [7, 11) is 0. The Balaban J connectivity index is 3.19. The molecule has 0 aliphatic carbocycles. The van der Waals surface area contributed by atoms with E-state index in [-0.39, 0.29) is 17.5 Å². The molecule has 0 heterocycles. The van der Waals surface area contributed by atoms with E-state index < -0.39 is 4.92 Å². The molecule has 112 valence electrons. The number of hydrogen-bond donors (Lipinski definition) is 1. The van der Waals surface area contributed by atoms with Gasteiger partial charge in [-0.1, -0.05) is 0 Å². The van der Waals surface area contributed by atoms with E-state index in [0.717, 1.165) is 12.0 Å². The highest BCUT2D eigenvalue weighted by atomic mass is 16.6. The summed E-state index contributed by atoms with van der Waals surface area (Å²) in [6, 6.07) is 3.39. The summed E-state index contributed by atoms with van der Waals surface area (Å²) in [6.07, 6.45) is 1.43. The number of hydrogen-bond acceptors (Lipinski definition) is 5. The highest BCUT2D eigenvalue weighted by Crippen LogP contribution is 2.38. The Hall–Kier alpha value is -1.82. The number of rotatable bonds is 8. The van der Waals surface area contributed by atoms with Gasteiger partial charge < -0.3 is 15.2 Å². The van der Waals surface area contributed by atoms with Gasteiger partial charge in [-0.25, -0.2) is 0 Å². The van der Waals surface area contributed by atoms with E-state index in [1.165, 1.54) is 6.07 Å². The van der Waals surface area contributed by atoms with E-state index in [2.05, 4.69) is 0 Å². The Kier molecular flexibility index (Phi) is 6.24. The number of nitro benzene ring substituents is 1. The molecule has 1 aromatic carbocycles. The van der Waals surface area contributed by atoms with Crippen LogP contribution in [0.1, 0.15) is 32.8 Å². The fourth-order valence-corrected chi connectivity index (χ4v) is 1.87. The molecule has 0 fully saturated rings.